The Morgan fingerprint density at radius 3 is 2.79 bits per heavy atom. The number of hydrogen-bond donors (Lipinski definition) is 2. The van der Waals surface area contributed by atoms with E-state index < -0.39 is 0 Å². The lowest BCUT2D eigenvalue weighted by molar-refractivity contribution is 0.333. The first kappa shape index (κ1) is 9.66. The van der Waals surface area contributed by atoms with Gasteiger partial charge in [-0.1, -0.05) is 18.0 Å². The summed E-state index contributed by atoms with van der Waals surface area (Å²) in [5.74, 6) is 0.962. The molecule has 1 saturated carbocycles. The Morgan fingerprint density at radius 1 is 1.43 bits per heavy atom. The van der Waals surface area contributed by atoms with Gasteiger partial charge in [-0.05, 0) is 37.0 Å². The summed E-state index contributed by atoms with van der Waals surface area (Å²) in [5.41, 5.74) is 0.986. The van der Waals surface area contributed by atoms with Crippen molar-refractivity contribution in [2.75, 3.05) is 11.9 Å². The van der Waals surface area contributed by atoms with E-state index in [0.29, 0.717) is 5.02 Å². The Bertz CT molecular complexity index is 323. The van der Waals surface area contributed by atoms with Crippen molar-refractivity contribution in [3.8, 4) is 5.75 Å². The van der Waals surface area contributed by atoms with Crippen molar-refractivity contribution in [1.29, 1.82) is 0 Å². The summed E-state index contributed by atoms with van der Waals surface area (Å²) in [7, 11) is 0. The van der Waals surface area contributed by atoms with Crippen LogP contribution in [0.1, 0.15) is 19.3 Å². The van der Waals surface area contributed by atoms with Gasteiger partial charge in [-0.3, -0.25) is 0 Å². The van der Waals surface area contributed by atoms with Crippen molar-refractivity contribution in [3.05, 3.63) is 23.2 Å². The van der Waals surface area contributed by atoms with Gasteiger partial charge in [0.15, 0.2) is 0 Å². The molecular formula is C11H14ClNO. The predicted octanol–water partition coefficient (Wildman–Crippen LogP) is 3.26. The van der Waals surface area contributed by atoms with Crippen LogP contribution in [0.3, 0.4) is 0 Å². The van der Waals surface area contributed by atoms with Crippen LogP contribution < -0.4 is 5.32 Å². The molecule has 2 nitrogen and oxygen atoms in total. The summed E-state index contributed by atoms with van der Waals surface area (Å²) >= 11 is 5.79. The van der Waals surface area contributed by atoms with Crippen LogP contribution in [0.2, 0.25) is 5.02 Å². The first-order chi connectivity index (χ1) is 6.75. The zero-order valence-corrected chi connectivity index (χ0v) is 8.72. The maximum atomic E-state index is 9.22. The van der Waals surface area contributed by atoms with Crippen molar-refractivity contribution >= 4 is 17.3 Å². The van der Waals surface area contributed by atoms with E-state index in [1.165, 1.54) is 19.3 Å². The van der Waals surface area contributed by atoms with Gasteiger partial charge in [-0.15, -0.1) is 0 Å². The molecule has 0 radical (unpaired) electrons. The second-order valence-electron chi connectivity index (χ2n) is 3.84. The Kier molecular flexibility index (Phi) is 2.82. The van der Waals surface area contributed by atoms with E-state index in [9.17, 15) is 5.11 Å². The third kappa shape index (κ3) is 2.13. The lowest BCUT2D eigenvalue weighted by Crippen LogP contribution is -2.20. The molecular weight excluding hydrogens is 198 g/mol. The van der Waals surface area contributed by atoms with Crippen molar-refractivity contribution < 1.29 is 5.11 Å². The molecule has 0 bridgehead atoms. The largest absolute Gasteiger partial charge is 0.506 e. The fourth-order valence-corrected chi connectivity index (χ4v) is 1.76. The first-order valence-corrected chi connectivity index (χ1v) is 5.36. The number of hydrogen-bond acceptors (Lipinski definition) is 2. The van der Waals surface area contributed by atoms with Gasteiger partial charge in [-0.2, -0.15) is 0 Å². The van der Waals surface area contributed by atoms with Crippen molar-refractivity contribution in [2.24, 2.45) is 5.92 Å². The van der Waals surface area contributed by atoms with E-state index in [4.69, 9.17) is 11.6 Å². The third-order valence-electron chi connectivity index (χ3n) is 2.77. The average Bonchev–Trinajstić information content (AvgIpc) is 2.08. The van der Waals surface area contributed by atoms with Crippen molar-refractivity contribution in [2.45, 2.75) is 19.3 Å². The highest BCUT2D eigenvalue weighted by Crippen LogP contribution is 2.29. The molecule has 1 aromatic carbocycles. The monoisotopic (exact) mass is 211 g/mol. The number of phenolic OH excluding ortho intramolecular Hbond substituents is 1. The number of anilines is 1. The van der Waals surface area contributed by atoms with Gasteiger partial charge in [0.1, 0.15) is 5.75 Å². The fraction of sp³-hybridized carbons (Fsp3) is 0.455. The molecule has 1 fully saturated rings. The van der Waals surface area contributed by atoms with Crippen LogP contribution in [0, 0.1) is 5.92 Å². The summed E-state index contributed by atoms with van der Waals surface area (Å²) in [6.45, 7) is 1.01. The van der Waals surface area contributed by atoms with Crippen molar-refractivity contribution in [3.63, 3.8) is 0 Å². The van der Waals surface area contributed by atoms with Gasteiger partial charge < -0.3 is 10.4 Å². The molecule has 1 aliphatic carbocycles. The van der Waals surface area contributed by atoms with Gasteiger partial charge >= 0.3 is 0 Å². The number of halogens is 1. The molecule has 3 heteroatoms. The maximum absolute atomic E-state index is 9.22. The van der Waals surface area contributed by atoms with E-state index in [1.807, 2.05) is 6.07 Å². The smallest absolute Gasteiger partial charge is 0.134 e. The van der Waals surface area contributed by atoms with E-state index in [-0.39, 0.29) is 5.75 Å². The Morgan fingerprint density at radius 2 is 2.21 bits per heavy atom. The molecule has 1 aliphatic rings. The lowest BCUT2D eigenvalue weighted by atomic mass is 9.85. The third-order valence-corrected chi connectivity index (χ3v) is 3.07. The van der Waals surface area contributed by atoms with Gasteiger partial charge in [0.2, 0.25) is 0 Å². The molecule has 0 saturated heterocycles. The molecule has 0 unspecified atom stereocenters. The molecule has 0 spiro atoms. The normalized spacial score (nSPS) is 16.4. The number of phenols is 1. The first-order valence-electron chi connectivity index (χ1n) is 4.98. The molecule has 0 amide bonds. The number of nitrogens with one attached hydrogen (secondary N) is 1. The second-order valence-corrected chi connectivity index (χ2v) is 4.25. The Hall–Kier alpha value is -0.890. The van der Waals surface area contributed by atoms with E-state index in [2.05, 4.69) is 5.32 Å². The zero-order valence-electron chi connectivity index (χ0n) is 7.96. The zero-order chi connectivity index (χ0) is 9.97. The summed E-state index contributed by atoms with van der Waals surface area (Å²) in [6, 6.07) is 5.22. The minimum atomic E-state index is 0.140. The molecule has 0 aliphatic heterocycles. The molecule has 1 aromatic rings. The van der Waals surface area contributed by atoms with Crippen molar-refractivity contribution in [1.82, 2.24) is 0 Å². The average molecular weight is 212 g/mol. The summed E-state index contributed by atoms with van der Waals surface area (Å²) < 4.78 is 0. The van der Waals surface area contributed by atoms with Crippen LogP contribution in [-0.2, 0) is 0 Å². The van der Waals surface area contributed by atoms with Crippen LogP contribution in [0.5, 0.6) is 5.75 Å². The van der Waals surface area contributed by atoms with E-state index in [0.717, 1.165) is 18.2 Å². The second kappa shape index (κ2) is 4.09. The molecule has 2 rings (SSSR count). The van der Waals surface area contributed by atoms with Gasteiger partial charge in [0, 0.05) is 12.2 Å². The molecule has 76 valence electrons. The van der Waals surface area contributed by atoms with E-state index in [1.54, 1.807) is 12.1 Å². The number of benzene rings is 1. The molecule has 0 aromatic heterocycles. The van der Waals surface area contributed by atoms with Crippen LogP contribution in [0.15, 0.2) is 18.2 Å². The van der Waals surface area contributed by atoms with Crippen LogP contribution in [-0.4, -0.2) is 11.7 Å². The molecule has 2 N–H and O–H groups in total. The molecule has 14 heavy (non-hydrogen) atoms. The summed E-state index contributed by atoms with van der Waals surface area (Å²) in [6.07, 6.45) is 4.03. The highest BCUT2D eigenvalue weighted by atomic mass is 35.5. The van der Waals surface area contributed by atoms with E-state index >= 15 is 0 Å². The van der Waals surface area contributed by atoms with Crippen LogP contribution in [0.25, 0.3) is 0 Å². The maximum Gasteiger partial charge on any atom is 0.134 e. The highest BCUT2D eigenvalue weighted by molar-refractivity contribution is 6.32. The number of aromatic hydroxyl groups is 1. The minimum Gasteiger partial charge on any atom is -0.506 e. The standard InChI is InChI=1S/C11H14ClNO/c12-10-6-9(4-5-11(10)14)13-7-8-2-1-3-8/h4-6,8,13-14H,1-3,7H2. The molecule has 0 atom stereocenters. The Balaban J connectivity index is 1.91. The van der Waals surface area contributed by atoms with Gasteiger partial charge in [-0.25, -0.2) is 0 Å². The van der Waals surface area contributed by atoms with Gasteiger partial charge in [0.25, 0.3) is 0 Å². The summed E-state index contributed by atoms with van der Waals surface area (Å²) in [5, 5.41) is 12.9. The van der Waals surface area contributed by atoms with Crippen LogP contribution in [0.4, 0.5) is 5.69 Å². The Labute approximate surface area is 88.9 Å². The quantitative estimate of drug-likeness (QED) is 0.753. The van der Waals surface area contributed by atoms with Crippen LogP contribution >= 0.6 is 11.6 Å². The van der Waals surface area contributed by atoms with Gasteiger partial charge in [0.05, 0.1) is 5.02 Å². The summed E-state index contributed by atoms with van der Waals surface area (Å²) in [4.78, 5) is 0. The topological polar surface area (TPSA) is 32.3 Å². The lowest BCUT2D eigenvalue weighted by Gasteiger charge is -2.25. The fourth-order valence-electron chi connectivity index (χ4n) is 1.58. The molecule has 0 heterocycles. The SMILES string of the molecule is Oc1ccc(NCC2CCC2)cc1Cl. The predicted molar refractivity (Wildman–Crippen MR) is 58.9 cm³/mol. The minimum absolute atomic E-state index is 0.140. The highest BCUT2D eigenvalue weighted by Gasteiger charge is 2.16. The number of rotatable bonds is 3.